The van der Waals surface area contributed by atoms with Gasteiger partial charge in [0.05, 0.1) is 28.5 Å². The zero-order chi connectivity index (χ0) is 20.0. The highest BCUT2D eigenvalue weighted by molar-refractivity contribution is 8.03. The molecule has 140 valence electrons. The third-order valence-corrected chi connectivity index (χ3v) is 5.66. The maximum Gasteiger partial charge on any atom is 0.243 e. The minimum absolute atomic E-state index is 0.0790. The van der Waals surface area contributed by atoms with Crippen LogP contribution in [-0.2, 0) is 9.59 Å². The maximum atomic E-state index is 12.2. The van der Waals surface area contributed by atoms with Crippen molar-refractivity contribution in [1.82, 2.24) is 10.6 Å². The lowest BCUT2D eigenvalue weighted by Crippen LogP contribution is -2.44. The lowest BCUT2D eigenvalue weighted by atomic mass is 9.72. The lowest BCUT2D eigenvalue weighted by molar-refractivity contribution is -0.125. The van der Waals surface area contributed by atoms with Crippen LogP contribution >= 0.6 is 11.8 Å². The number of allylic oxidation sites excluding steroid dienone is 1. The first-order valence-corrected chi connectivity index (χ1v) is 9.59. The van der Waals surface area contributed by atoms with Crippen LogP contribution < -0.4 is 10.6 Å². The lowest BCUT2D eigenvalue weighted by Gasteiger charge is -2.34. The predicted molar refractivity (Wildman–Crippen MR) is 104 cm³/mol. The topological polar surface area (TPSA) is 106 Å². The van der Waals surface area contributed by atoms with Crippen molar-refractivity contribution < 1.29 is 9.59 Å². The highest BCUT2D eigenvalue weighted by Gasteiger charge is 2.44. The highest BCUT2D eigenvalue weighted by Crippen LogP contribution is 2.41. The molecular weight excluding hydrogens is 360 g/mol. The summed E-state index contributed by atoms with van der Waals surface area (Å²) in [5.74, 6) is -1.30. The van der Waals surface area contributed by atoms with Crippen molar-refractivity contribution in [2.45, 2.75) is 26.7 Å². The Balaban J connectivity index is 1.98. The molecule has 0 spiro atoms. The zero-order valence-electron chi connectivity index (χ0n) is 15.6. The molecule has 6 nitrogen and oxygen atoms in total. The molecule has 2 atom stereocenters. The van der Waals surface area contributed by atoms with Gasteiger partial charge in [-0.05, 0) is 11.5 Å². The van der Waals surface area contributed by atoms with E-state index in [1.54, 1.807) is 13.8 Å². The molecule has 0 aliphatic carbocycles. The molecule has 27 heavy (non-hydrogen) atoms. The minimum Gasteiger partial charge on any atom is -0.355 e. The largest absolute Gasteiger partial charge is 0.355 e. The third kappa shape index (κ3) is 4.69. The van der Waals surface area contributed by atoms with E-state index in [-0.39, 0.29) is 17.6 Å². The molecule has 1 aliphatic rings. The first-order chi connectivity index (χ1) is 12.8. The number of nitrogens with zero attached hydrogens (tertiary/aromatic N) is 2. The Morgan fingerprint density at radius 2 is 2.00 bits per heavy atom. The van der Waals surface area contributed by atoms with Crippen LogP contribution in [0.5, 0.6) is 0 Å². The van der Waals surface area contributed by atoms with Crippen molar-refractivity contribution in [3.8, 4) is 12.1 Å². The van der Waals surface area contributed by atoms with Gasteiger partial charge in [0.15, 0.2) is 0 Å². The van der Waals surface area contributed by atoms with E-state index < -0.39 is 17.2 Å². The molecule has 0 fully saturated rings. The molecule has 0 radical (unpaired) electrons. The second kappa shape index (κ2) is 8.75. The van der Waals surface area contributed by atoms with Gasteiger partial charge in [0.1, 0.15) is 5.92 Å². The Hall–Kier alpha value is -2.77. The van der Waals surface area contributed by atoms with Gasteiger partial charge in [0.25, 0.3) is 0 Å². The summed E-state index contributed by atoms with van der Waals surface area (Å²) in [6.45, 7) is 5.92. The molecule has 0 saturated heterocycles. The minimum atomic E-state index is -0.933. The van der Waals surface area contributed by atoms with Crippen molar-refractivity contribution in [1.29, 1.82) is 10.5 Å². The molecule has 2 amide bonds. The Kier molecular flexibility index (Phi) is 6.65. The van der Waals surface area contributed by atoms with E-state index in [0.29, 0.717) is 17.1 Å². The molecule has 1 heterocycles. The van der Waals surface area contributed by atoms with E-state index in [9.17, 15) is 20.1 Å². The maximum absolute atomic E-state index is 12.2. The monoisotopic (exact) mass is 382 g/mol. The van der Waals surface area contributed by atoms with Crippen LogP contribution in [0.15, 0.2) is 40.9 Å². The van der Waals surface area contributed by atoms with Crippen LogP contribution in [0.1, 0.15) is 32.3 Å². The number of carbonyl (C=O) groups excluding carboxylic acids is 2. The van der Waals surface area contributed by atoms with Gasteiger partial charge >= 0.3 is 0 Å². The van der Waals surface area contributed by atoms with E-state index >= 15 is 0 Å². The Bertz CT molecular complexity index is 834. The number of thioether (sulfide) groups is 1. The molecule has 7 heteroatoms. The molecule has 1 aliphatic heterocycles. The van der Waals surface area contributed by atoms with Crippen molar-refractivity contribution in [3.05, 3.63) is 46.5 Å². The summed E-state index contributed by atoms with van der Waals surface area (Å²) >= 11 is 1.11. The fourth-order valence-electron chi connectivity index (χ4n) is 2.89. The first kappa shape index (κ1) is 20.5. The van der Waals surface area contributed by atoms with E-state index in [1.165, 1.54) is 0 Å². The number of hydrogen-bond donors (Lipinski definition) is 2. The van der Waals surface area contributed by atoms with Crippen LogP contribution in [0, 0.1) is 34.0 Å². The van der Waals surface area contributed by atoms with E-state index in [4.69, 9.17) is 0 Å². The van der Waals surface area contributed by atoms with Gasteiger partial charge in [-0.1, -0.05) is 62.9 Å². The van der Waals surface area contributed by atoms with Gasteiger partial charge < -0.3 is 10.6 Å². The quantitative estimate of drug-likeness (QED) is 0.787. The summed E-state index contributed by atoms with van der Waals surface area (Å²) in [5.41, 5.74) is 0.569. The Labute approximate surface area is 163 Å². The second-order valence-electron chi connectivity index (χ2n) is 6.99. The van der Waals surface area contributed by atoms with Gasteiger partial charge in [-0.15, -0.1) is 0 Å². The number of carbonyl (C=O) groups is 2. The van der Waals surface area contributed by atoms with Crippen molar-refractivity contribution >= 4 is 23.6 Å². The molecule has 1 aromatic carbocycles. The summed E-state index contributed by atoms with van der Waals surface area (Å²) < 4.78 is 0. The van der Waals surface area contributed by atoms with Crippen LogP contribution in [0.25, 0.3) is 0 Å². The second-order valence-corrected chi connectivity index (χ2v) is 7.98. The molecule has 1 aromatic rings. The highest BCUT2D eigenvalue weighted by atomic mass is 32.2. The standard InChI is InChI=1S/C20H22N4O2S/c1-13(14-7-5-4-6-8-14)11-23-17(25)12-27-19-16(10-22)20(2,3)15(9-21)18(26)24-19/h4-8,13,15H,11-12H2,1-3H3,(H,23,25)(H,24,26)/t13-,15+/m1/s1. The molecule has 2 rings (SSSR count). The average Bonchev–Trinajstić information content (AvgIpc) is 2.64. The average molecular weight is 382 g/mol. The molecule has 0 saturated carbocycles. The summed E-state index contributed by atoms with van der Waals surface area (Å²) in [6.07, 6.45) is 0. The summed E-state index contributed by atoms with van der Waals surface area (Å²) in [5, 5.41) is 24.5. The number of nitriles is 2. The molecule has 0 unspecified atom stereocenters. The Morgan fingerprint density at radius 1 is 1.33 bits per heavy atom. The van der Waals surface area contributed by atoms with Crippen LogP contribution in [0.2, 0.25) is 0 Å². The van der Waals surface area contributed by atoms with Gasteiger partial charge in [0, 0.05) is 12.0 Å². The summed E-state index contributed by atoms with van der Waals surface area (Å²) in [6, 6.07) is 13.9. The zero-order valence-corrected chi connectivity index (χ0v) is 16.4. The summed E-state index contributed by atoms with van der Waals surface area (Å²) in [7, 11) is 0. The van der Waals surface area contributed by atoms with Crippen LogP contribution in [0.4, 0.5) is 0 Å². The smallest absolute Gasteiger partial charge is 0.243 e. The van der Waals surface area contributed by atoms with Gasteiger partial charge in [-0.3, -0.25) is 9.59 Å². The molecule has 2 N–H and O–H groups in total. The third-order valence-electron chi connectivity index (χ3n) is 4.65. The summed E-state index contributed by atoms with van der Waals surface area (Å²) in [4.78, 5) is 24.3. The predicted octanol–water partition coefficient (Wildman–Crippen LogP) is 2.67. The fraction of sp³-hybridized carbons (Fsp3) is 0.400. The molecule has 0 aromatic heterocycles. The first-order valence-electron chi connectivity index (χ1n) is 8.61. The van der Waals surface area contributed by atoms with Gasteiger partial charge in [-0.25, -0.2) is 0 Å². The molecule has 0 bridgehead atoms. The Morgan fingerprint density at radius 3 is 2.59 bits per heavy atom. The van der Waals surface area contributed by atoms with Gasteiger partial charge in [0.2, 0.25) is 11.8 Å². The van der Waals surface area contributed by atoms with Gasteiger partial charge in [-0.2, -0.15) is 10.5 Å². The number of rotatable bonds is 6. The fourth-order valence-corrected chi connectivity index (χ4v) is 3.89. The number of amides is 2. The van der Waals surface area contributed by atoms with E-state index in [1.807, 2.05) is 43.3 Å². The number of nitrogens with one attached hydrogen (secondary N) is 2. The van der Waals surface area contributed by atoms with Crippen molar-refractivity contribution in [2.24, 2.45) is 11.3 Å². The SMILES string of the molecule is C[C@H](CNC(=O)CSC1=C(C#N)C(C)(C)[C@@H](C#N)C(=O)N1)c1ccccc1. The van der Waals surface area contributed by atoms with Crippen molar-refractivity contribution in [3.63, 3.8) is 0 Å². The van der Waals surface area contributed by atoms with Crippen LogP contribution in [0.3, 0.4) is 0 Å². The van der Waals surface area contributed by atoms with E-state index in [2.05, 4.69) is 16.7 Å². The van der Waals surface area contributed by atoms with Crippen LogP contribution in [-0.4, -0.2) is 24.1 Å². The molecular formula is C20H22N4O2S. The normalized spacial score (nSPS) is 19.4. The number of benzene rings is 1. The number of hydrogen-bond acceptors (Lipinski definition) is 5. The van der Waals surface area contributed by atoms with E-state index in [0.717, 1.165) is 17.3 Å². The van der Waals surface area contributed by atoms with Crippen molar-refractivity contribution in [2.75, 3.05) is 12.3 Å².